The van der Waals surface area contributed by atoms with Crippen LogP contribution >= 0.6 is 0 Å². The molecule has 0 aliphatic heterocycles. The number of rotatable bonds is 5. The highest BCUT2D eigenvalue weighted by molar-refractivity contribution is 5.07. The Kier molecular flexibility index (Phi) is 5.63. The molecule has 0 unspecified atom stereocenters. The highest BCUT2D eigenvalue weighted by atomic mass is 14.9. The summed E-state index contributed by atoms with van der Waals surface area (Å²) in [6, 6.07) is 0. The van der Waals surface area contributed by atoms with Gasteiger partial charge < -0.3 is 5.32 Å². The van der Waals surface area contributed by atoms with Crippen LogP contribution in [-0.2, 0) is 0 Å². The Bertz CT molecular complexity index is 145. The quantitative estimate of drug-likeness (QED) is 0.639. The van der Waals surface area contributed by atoms with E-state index in [2.05, 4.69) is 38.7 Å². The van der Waals surface area contributed by atoms with Crippen LogP contribution in [0, 0.1) is 0 Å². The predicted octanol–water partition coefficient (Wildman–Crippen LogP) is 3.20. The third-order valence-electron chi connectivity index (χ3n) is 1.60. The van der Waals surface area contributed by atoms with Crippen molar-refractivity contribution in [3.63, 3.8) is 0 Å². The van der Waals surface area contributed by atoms with Crippen LogP contribution in [0.2, 0.25) is 0 Å². The van der Waals surface area contributed by atoms with Crippen molar-refractivity contribution in [1.29, 1.82) is 0 Å². The van der Waals surface area contributed by atoms with Crippen LogP contribution in [0.3, 0.4) is 0 Å². The first kappa shape index (κ1) is 10.3. The third kappa shape index (κ3) is 4.65. The van der Waals surface area contributed by atoms with Gasteiger partial charge in [0.25, 0.3) is 0 Å². The standard InChI is InChI=1S/C10H19N/c1-5-8-10(7-3)11-9(4)6-2/h8,11H,4-7H2,1-3H3/b10-8-. The van der Waals surface area contributed by atoms with Crippen LogP contribution in [0.25, 0.3) is 0 Å². The molecule has 0 atom stereocenters. The van der Waals surface area contributed by atoms with Crippen molar-refractivity contribution in [2.24, 2.45) is 0 Å². The molecule has 1 N–H and O–H groups in total. The highest BCUT2D eigenvalue weighted by Crippen LogP contribution is 2.02. The number of hydrogen-bond donors (Lipinski definition) is 1. The van der Waals surface area contributed by atoms with Crippen molar-refractivity contribution in [2.75, 3.05) is 0 Å². The molecular formula is C10H19N. The minimum absolute atomic E-state index is 1.00. The lowest BCUT2D eigenvalue weighted by molar-refractivity contribution is 0.839. The maximum Gasteiger partial charge on any atom is 0.0105 e. The average molecular weight is 153 g/mol. The van der Waals surface area contributed by atoms with Gasteiger partial charge in [-0.05, 0) is 19.3 Å². The lowest BCUT2D eigenvalue weighted by Crippen LogP contribution is -2.10. The van der Waals surface area contributed by atoms with E-state index in [9.17, 15) is 0 Å². The molecule has 0 amide bonds. The Hall–Kier alpha value is -0.720. The van der Waals surface area contributed by atoms with Crippen LogP contribution in [0.4, 0.5) is 0 Å². The van der Waals surface area contributed by atoms with E-state index >= 15 is 0 Å². The van der Waals surface area contributed by atoms with Crippen LogP contribution in [0.1, 0.15) is 40.0 Å². The first-order valence-corrected chi connectivity index (χ1v) is 4.38. The third-order valence-corrected chi connectivity index (χ3v) is 1.60. The van der Waals surface area contributed by atoms with E-state index in [1.165, 1.54) is 5.70 Å². The average Bonchev–Trinajstić information content (AvgIpc) is 2.03. The van der Waals surface area contributed by atoms with E-state index in [0.29, 0.717) is 0 Å². The van der Waals surface area contributed by atoms with Gasteiger partial charge in [0.1, 0.15) is 0 Å². The molecule has 0 aliphatic carbocycles. The van der Waals surface area contributed by atoms with Crippen LogP contribution in [0.5, 0.6) is 0 Å². The number of nitrogens with one attached hydrogen (secondary N) is 1. The Morgan fingerprint density at radius 3 is 2.27 bits per heavy atom. The van der Waals surface area contributed by atoms with Gasteiger partial charge >= 0.3 is 0 Å². The number of hydrogen-bond acceptors (Lipinski definition) is 1. The molecule has 0 rings (SSSR count). The SMILES string of the molecule is C=C(CC)N/C(=C\CC)CC. The Morgan fingerprint density at radius 2 is 1.91 bits per heavy atom. The van der Waals surface area contributed by atoms with E-state index < -0.39 is 0 Å². The van der Waals surface area contributed by atoms with Gasteiger partial charge in [-0.2, -0.15) is 0 Å². The van der Waals surface area contributed by atoms with E-state index in [4.69, 9.17) is 0 Å². The van der Waals surface area contributed by atoms with Crippen molar-refractivity contribution < 1.29 is 0 Å². The molecular weight excluding hydrogens is 134 g/mol. The largest absolute Gasteiger partial charge is 0.363 e. The molecule has 0 radical (unpaired) electrons. The van der Waals surface area contributed by atoms with Crippen molar-refractivity contribution in [3.8, 4) is 0 Å². The molecule has 0 spiro atoms. The molecule has 0 heterocycles. The summed E-state index contributed by atoms with van der Waals surface area (Å²) < 4.78 is 0. The lowest BCUT2D eigenvalue weighted by Gasteiger charge is -2.09. The number of allylic oxidation sites excluding steroid dienone is 3. The second kappa shape index (κ2) is 6.02. The molecule has 0 saturated carbocycles. The van der Waals surface area contributed by atoms with E-state index in [1.54, 1.807) is 0 Å². The van der Waals surface area contributed by atoms with Gasteiger partial charge in [0.2, 0.25) is 0 Å². The fourth-order valence-corrected chi connectivity index (χ4v) is 0.846. The molecule has 0 aliphatic rings. The minimum atomic E-state index is 1.00. The second-order valence-corrected chi connectivity index (χ2v) is 2.57. The summed E-state index contributed by atoms with van der Waals surface area (Å²) in [5, 5.41) is 3.28. The molecule has 0 aromatic rings. The monoisotopic (exact) mass is 153 g/mol. The Morgan fingerprint density at radius 1 is 1.27 bits per heavy atom. The van der Waals surface area contributed by atoms with E-state index in [1.807, 2.05) is 0 Å². The summed E-state index contributed by atoms with van der Waals surface area (Å²) in [6.07, 6.45) is 5.36. The molecule has 0 bridgehead atoms. The topological polar surface area (TPSA) is 12.0 Å². The van der Waals surface area contributed by atoms with Crippen molar-refractivity contribution in [2.45, 2.75) is 40.0 Å². The summed E-state index contributed by atoms with van der Waals surface area (Å²) in [7, 11) is 0. The molecule has 11 heavy (non-hydrogen) atoms. The van der Waals surface area contributed by atoms with Gasteiger partial charge in [0, 0.05) is 11.4 Å². The minimum Gasteiger partial charge on any atom is -0.363 e. The van der Waals surface area contributed by atoms with E-state index in [-0.39, 0.29) is 0 Å². The molecule has 0 aromatic heterocycles. The Balaban J connectivity index is 3.87. The maximum atomic E-state index is 3.89. The second-order valence-electron chi connectivity index (χ2n) is 2.57. The molecule has 1 nitrogen and oxygen atoms in total. The van der Waals surface area contributed by atoms with Gasteiger partial charge in [-0.1, -0.05) is 33.4 Å². The molecule has 64 valence electrons. The first-order chi connectivity index (χ1) is 5.24. The van der Waals surface area contributed by atoms with Crippen LogP contribution in [-0.4, -0.2) is 0 Å². The molecule has 0 saturated heterocycles. The molecule has 0 aromatic carbocycles. The van der Waals surface area contributed by atoms with E-state index in [0.717, 1.165) is 25.0 Å². The lowest BCUT2D eigenvalue weighted by atomic mass is 10.2. The maximum absolute atomic E-state index is 3.89. The zero-order valence-corrected chi connectivity index (χ0v) is 7.91. The first-order valence-electron chi connectivity index (χ1n) is 4.38. The van der Waals surface area contributed by atoms with Crippen molar-refractivity contribution >= 4 is 0 Å². The predicted molar refractivity (Wildman–Crippen MR) is 51.2 cm³/mol. The van der Waals surface area contributed by atoms with Gasteiger partial charge in [0.05, 0.1) is 0 Å². The zero-order valence-electron chi connectivity index (χ0n) is 7.91. The zero-order chi connectivity index (χ0) is 8.69. The van der Waals surface area contributed by atoms with Crippen molar-refractivity contribution in [3.05, 3.63) is 24.0 Å². The summed E-state index contributed by atoms with van der Waals surface area (Å²) in [5.41, 5.74) is 2.39. The van der Waals surface area contributed by atoms with Gasteiger partial charge in [-0.15, -0.1) is 0 Å². The highest BCUT2D eigenvalue weighted by Gasteiger charge is 1.92. The van der Waals surface area contributed by atoms with Gasteiger partial charge in [-0.25, -0.2) is 0 Å². The smallest absolute Gasteiger partial charge is 0.0105 e. The summed E-state index contributed by atoms with van der Waals surface area (Å²) in [5.74, 6) is 0. The van der Waals surface area contributed by atoms with Gasteiger partial charge in [0.15, 0.2) is 0 Å². The summed E-state index contributed by atoms with van der Waals surface area (Å²) in [4.78, 5) is 0. The summed E-state index contributed by atoms with van der Waals surface area (Å²) >= 11 is 0. The van der Waals surface area contributed by atoms with Gasteiger partial charge in [-0.3, -0.25) is 0 Å². The normalized spacial score (nSPS) is 11.4. The molecule has 0 fully saturated rings. The molecule has 1 heteroatoms. The van der Waals surface area contributed by atoms with Crippen LogP contribution < -0.4 is 5.32 Å². The fraction of sp³-hybridized carbons (Fsp3) is 0.600. The van der Waals surface area contributed by atoms with Crippen LogP contribution in [0.15, 0.2) is 24.0 Å². The summed E-state index contributed by atoms with van der Waals surface area (Å²) in [6.45, 7) is 10.3. The Labute approximate surface area is 70.2 Å². The fourth-order valence-electron chi connectivity index (χ4n) is 0.846. The van der Waals surface area contributed by atoms with Crippen molar-refractivity contribution in [1.82, 2.24) is 5.32 Å².